The number of benzene rings is 4. The molecule has 0 aliphatic heterocycles. The van der Waals surface area contributed by atoms with Gasteiger partial charge < -0.3 is 46.3 Å². The molecule has 26 nitrogen and oxygen atoms in total. The quantitative estimate of drug-likeness (QED) is 0.0401. The Bertz CT molecular complexity index is 3080. The average molecular weight is 992 g/mol. The van der Waals surface area contributed by atoms with Crippen LogP contribution in [0.15, 0.2) is 107 Å². The van der Waals surface area contributed by atoms with Crippen LogP contribution in [0, 0.1) is 0 Å². The molecule has 0 saturated heterocycles. The molecule has 5 rings (SSSR count). The van der Waals surface area contributed by atoms with Crippen LogP contribution in [0.1, 0.15) is 12.8 Å². The highest BCUT2D eigenvalue weighted by Gasteiger charge is 2.37. The summed E-state index contributed by atoms with van der Waals surface area (Å²) in [6, 6.07) is 11.2. The van der Waals surface area contributed by atoms with Gasteiger partial charge in [-0.1, -0.05) is 6.08 Å². The third kappa shape index (κ3) is 13.5. The molecule has 0 fully saturated rings. The van der Waals surface area contributed by atoms with Gasteiger partial charge in [-0.2, -0.15) is 45.7 Å². The van der Waals surface area contributed by atoms with Crippen LogP contribution in [0.2, 0.25) is 0 Å². The fourth-order valence-electron chi connectivity index (χ4n) is 6.15. The van der Waals surface area contributed by atoms with Crippen molar-refractivity contribution in [3.05, 3.63) is 77.2 Å². The van der Waals surface area contributed by atoms with Crippen molar-refractivity contribution in [2.45, 2.75) is 33.9 Å². The normalized spacial score (nSPS) is 15.4. The van der Waals surface area contributed by atoms with Crippen LogP contribution in [-0.4, -0.2) is 122 Å². The minimum atomic E-state index is -5.17. The zero-order valence-corrected chi connectivity index (χ0v) is 36.9. The van der Waals surface area contributed by atoms with Gasteiger partial charge in [-0.25, -0.2) is 0 Å². The van der Waals surface area contributed by atoms with Crippen molar-refractivity contribution in [3.8, 4) is 17.2 Å². The molecule has 11 N–H and O–H groups in total. The summed E-state index contributed by atoms with van der Waals surface area (Å²) < 4.78 is 114. The molecule has 0 aromatic heterocycles. The fraction of sp³-hybridized carbons (Fsp3) is 0.263. The van der Waals surface area contributed by atoms with Crippen molar-refractivity contribution >= 4 is 88.1 Å². The van der Waals surface area contributed by atoms with E-state index in [4.69, 9.17) is 20.9 Å². The van der Waals surface area contributed by atoms with Gasteiger partial charge in [0.05, 0.1) is 34.7 Å². The molecule has 0 radical (unpaired) electrons. The second-order valence-electron chi connectivity index (χ2n) is 14.0. The summed E-state index contributed by atoms with van der Waals surface area (Å²) in [4.78, 5) is 22.8. The number of hydrogen-bond acceptors (Lipinski definition) is 21. The van der Waals surface area contributed by atoms with Crippen LogP contribution >= 0.6 is 0 Å². The summed E-state index contributed by atoms with van der Waals surface area (Å²) in [6.45, 7) is -1.45. The minimum Gasteiger partial charge on any atom is -0.509 e. The van der Waals surface area contributed by atoms with E-state index in [-0.39, 0.29) is 61.1 Å². The summed E-state index contributed by atoms with van der Waals surface area (Å²) in [7, 11) is -15.1. The van der Waals surface area contributed by atoms with Crippen LogP contribution in [0.5, 0.6) is 17.2 Å². The molecule has 2 unspecified atom stereocenters. The highest BCUT2D eigenvalue weighted by molar-refractivity contribution is 7.87. The Balaban J connectivity index is 1.50. The number of carbonyl (C=O) groups is 2. The van der Waals surface area contributed by atoms with Crippen LogP contribution in [-0.2, 0) is 39.9 Å². The number of hydrogen-bond donors (Lipinski definition) is 9. The van der Waals surface area contributed by atoms with Crippen LogP contribution < -0.4 is 36.3 Å². The molecule has 358 valence electrons. The molecule has 1 aliphatic carbocycles. The van der Waals surface area contributed by atoms with E-state index in [2.05, 4.69) is 30.7 Å². The molecule has 4 aromatic carbocycles. The number of rotatable bonds is 22. The molecule has 0 heterocycles. The lowest BCUT2D eigenvalue weighted by Gasteiger charge is -2.23. The van der Waals surface area contributed by atoms with E-state index in [1.54, 1.807) is 29.2 Å². The number of azo groups is 3. The lowest BCUT2D eigenvalue weighted by Crippen LogP contribution is -2.44. The third-order valence-electron chi connectivity index (χ3n) is 9.22. The van der Waals surface area contributed by atoms with Gasteiger partial charge in [-0.05, 0) is 53.7 Å². The predicted octanol–water partition coefficient (Wildman–Crippen LogP) is 1.89. The summed E-state index contributed by atoms with van der Waals surface area (Å²) in [5.74, 6) is -3.52. The maximum Gasteiger partial charge on any atom is 0.296 e. The maximum absolute atomic E-state index is 12.5. The second-order valence-corrected chi connectivity index (χ2v) is 18.4. The molecule has 0 spiro atoms. The Labute approximate surface area is 380 Å². The lowest BCUT2D eigenvalue weighted by atomic mass is 10.0. The van der Waals surface area contributed by atoms with Gasteiger partial charge in [0.25, 0.3) is 30.4 Å². The number of aliphatic hydroxyl groups excluding tert-OH is 3. The Morgan fingerprint density at radius 2 is 1.19 bits per heavy atom. The molecule has 29 heteroatoms. The van der Waals surface area contributed by atoms with E-state index < -0.39 is 111 Å². The largest absolute Gasteiger partial charge is 0.509 e. The number of carbonyl (C=O) groups excluding carboxylic acids is 2. The van der Waals surface area contributed by atoms with Gasteiger partial charge in [0.1, 0.15) is 63.4 Å². The van der Waals surface area contributed by atoms with Gasteiger partial charge in [0.2, 0.25) is 11.8 Å². The molecule has 2 atom stereocenters. The first-order valence-corrected chi connectivity index (χ1v) is 23.5. The topological polar surface area (TPSA) is 426 Å². The zero-order chi connectivity index (χ0) is 49.3. The zero-order valence-electron chi connectivity index (χ0n) is 34.5. The number of aliphatic hydroxyl groups is 3. The van der Waals surface area contributed by atoms with Gasteiger partial charge in [-0.15, -0.1) is 10.2 Å². The van der Waals surface area contributed by atoms with E-state index >= 15 is 0 Å². The minimum absolute atomic E-state index is 0.0141. The Hall–Kier alpha value is -6.99. The number of phenols is 1. The fourth-order valence-corrected chi connectivity index (χ4v) is 8.16. The highest BCUT2D eigenvalue weighted by Crippen LogP contribution is 2.42. The summed E-state index contributed by atoms with van der Waals surface area (Å²) >= 11 is 0. The van der Waals surface area contributed by atoms with Crippen molar-refractivity contribution in [3.63, 3.8) is 0 Å². The third-order valence-corrected chi connectivity index (χ3v) is 12.0. The first-order chi connectivity index (χ1) is 31.5. The number of anilines is 1. The standard InChI is InChI=1S/C38H41N9O17S3/c39-34(51)7-9-47(10-8-35(40)52)24-4-1-22(2-5-24)41-42-23-3-6-26(32(17-23)66(57,58)59)43-44-27-19-31(64-14-12-49)28(20-30(27)63-13-11-48)45-46-37-33(67(60,61)62)16-21-15-25(65(54,55)56)18-29(50)36(21)38(37)53/h1-6,15-20,33,37,48-50,53H,7-14H2,(H2,39,51)(H2,40,52)(H,54,55,56)(H,57,58,59)(H,60,61,62). The van der Waals surface area contributed by atoms with Gasteiger partial charge >= 0.3 is 0 Å². The molecule has 0 saturated carbocycles. The number of phenolic OH excluding ortho intramolecular Hbond substituents is 1. The molecule has 0 bridgehead atoms. The van der Waals surface area contributed by atoms with Gasteiger partial charge in [0, 0.05) is 49.8 Å². The van der Waals surface area contributed by atoms with E-state index in [1.165, 1.54) is 6.07 Å². The SMILES string of the molecule is NC(=O)CCN(CCC(N)=O)c1ccc(N=Nc2ccc(N=Nc3cc(OCCO)c(N=NC4C(O)=c5c(O)cc(S(=O)(=O)O)cc5=CC4S(=O)(=O)O)cc3OCCO)c(S(=O)(=O)O)c2)cc1. The first-order valence-electron chi connectivity index (χ1n) is 19.1. The lowest BCUT2D eigenvalue weighted by molar-refractivity contribution is -0.118. The summed E-state index contributed by atoms with van der Waals surface area (Å²) in [5, 5.41) is 61.6. The number of nitrogens with two attached hydrogens (primary N) is 2. The smallest absolute Gasteiger partial charge is 0.296 e. The van der Waals surface area contributed by atoms with Crippen molar-refractivity contribution in [2.75, 3.05) is 44.4 Å². The van der Waals surface area contributed by atoms with Gasteiger partial charge in [-0.3, -0.25) is 23.2 Å². The maximum atomic E-state index is 12.5. The monoisotopic (exact) mass is 991 g/mol. The van der Waals surface area contributed by atoms with Crippen molar-refractivity contribution in [1.82, 2.24) is 0 Å². The van der Waals surface area contributed by atoms with Crippen molar-refractivity contribution in [2.24, 2.45) is 42.2 Å². The molecule has 4 aromatic rings. The Morgan fingerprint density at radius 1 is 0.657 bits per heavy atom. The van der Waals surface area contributed by atoms with E-state index in [1.807, 2.05) is 0 Å². The van der Waals surface area contributed by atoms with E-state index in [9.17, 15) is 68.9 Å². The number of ether oxygens (including phenoxy) is 2. The Kier molecular flexibility index (Phi) is 16.4. The van der Waals surface area contributed by atoms with Gasteiger partial charge in [0.15, 0.2) is 6.04 Å². The molecule has 67 heavy (non-hydrogen) atoms. The van der Waals surface area contributed by atoms with Crippen LogP contribution in [0.4, 0.5) is 34.1 Å². The summed E-state index contributed by atoms with van der Waals surface area (Å²) in [5.41, 5.74) is 10.4. The van der Waals surface area contributed by atoms with E-state index in [0.717, 1.165) is 36.4 Å². The number of nitrogens with zero attached hydrogens (tertiary/aromatic N) is 7. The predicted molar refractivity (Wildman–Crippen MR) is 234 cm³/mol. The average Bonchev–Trinajstić information content (AvgIpc) is 3.25. The van der Waals surface area contributed by atoms with Crippen LogP contribution in [0.25, 0.3) is 11.8 Å². The number of primary amides is 2. The van der Waals surface area contributed by atoms with Crippen molar-refractivity contribution in [1.29, 1.82) is 0 Å². The molecular formula is C38H41N9O17S3. The molecule has 2 amide bonds. The molecular weight excluding hydrogens is 951 g/mol. The highest BCUT2D eigenvalue weighted by atomic mass is 32.2. The summed E-state index contributed by atoms with van der Waals surface area (Å²) in [6.07, 6.45) is 0.781. The first kappa shape index (κ1) is 51.0. The van der Waals surface area contributed by atoms with Crippen LogP contribution in [0.3, 0.4) is 0 Å². The van der Waals surface area contributed by atoms with Crippen molar-refractivity contribution < 1.29 is 78.4 Å². The molecule has 1 aliphatic rings. The number of aromatic hydroxyl groups is 1. The van der Waals surface area contributed by atoms with E-state index in [0.29, 0.717) is 17.4 Å². The number of fused-ring (bicyclic) bond motifs is 1. The number of amides is 2. The second kappa shape index (κ2) is 21.5. The Morgan fingerprint density at radius 3 is 1.72 bits per heavy atom.